The van der Waals surface area contributed by atoms with Crippen LogP contribution in [0.1, 0.15) is 32.6 Å². The van der Waals surface area contributed by atoms with Crippen LogP contribution in [-0.4, -0.2) is 34.3 Å². The van der Waals surface area contributed by atoms with Crippen LogP contribution >= 0.6 is 0 Å². The van der Waals surface area contributed by atoms with Gasteiger partial charge < -0.3 is 5.11 Å². The molecule has 0 aromatic heterocycles. The van der Waals surface area contributed by atoms with Crippen molar-refractivity contribution in [3.05, 3.63) is 12.2 Å². The third kappa shape index (κ3) is 2.85. The lowest BCUT2D eigenvalue weighted by Gasteiger charge is -2.19. The molecule has 5 heteroatoms. The van der Waals surface area contributed by atoms with E-state index in [1.807, 2.05) is 19.1 Å². The van der Waals surface area contributed by atoms with Crippen LogP contribution in [-0.2, 0) is 14.4 Å². The number of hydrogen-bond donors (Lipinski definition) is 1. The first-order valence-electron chi connectivity index (χ1n) is 6.72. The summed E-state index contributed by atoms with van der Waals surface area (Å²) in [6.45, 7) is 2.22. The van der Waals surface area contributed by atoms with E-state index in [2.05, 4.69) is 0 Å². The minimum absolute atomic E-state index is 0.0251. The van der Waals surface area contributed by atoms with E-state index < -0.39 is 5.97 Å². The van der Waals surface area contributed by atoms with Crippen LogP contribution in [0.3, 0.4) is 0 Å². The summed E-state index contributed by atoms with van der Waals surface area (Å²) in [7, 11) is 0. The molecule has 5 nitrogen and oxygen atoms in total. The molecule has 1 unspecified atom stereocenters. The maximum Gasteiger partial charge on any atom is 0.303 e. The molecule has 2 aliphatic rings. The van der Waals surface area contributed by atoms with E-state index in [0.29, 0.717) is 25.8 Å². The minimum Gasteiger partial charge on any atom is -0.481 e. The van der Waals surface area contributed by atoms with Gasteiger partial charge in [0.2, 0.25) is 11.8 Å². The topological polar surface area (TPSA) is 74.7 Å². The van der Waals surface area contributed by atoms with Gasteiger partial charge in [-0.1, -0.05) is 19.1 Å². The zero-order valence-corrected chi connectivity index (χ0v) is 11.0. The number of allylic oxidation sites excluding steroid dienone is 2. The lowest BCUT2D eigenvalue weighted by Crippen LogP contribution is -2.35. The van der Waals surface area contributed by atoms with Crippen molar-refractivity contribution in [1.82, 2.24) is 4.90 Å². The van der Waals surface area contributed by atoms with Gasteiger partial charge in [-0.15, -0.1) is 0 Å². The summed E-state index contributed by atoms with van der Waals surface area (Å²) in [5, 5.41) is 8.64. The Bertz CT molecular complexity index is 403. The molecule has 1 aliphatic carbocycles. The number of fused-ring (bicyclic) bond motifs is 1. The molecule has 1 fully saturated rings. The number of nitrogens with zero attached hydrogens (tertiary/aromatic N) is 1. The van der Waals surface area contributed by atoms with E-state index in [-0.39, 0.29) is 36.0 Å². The molecule has 0 spiro atoms. The SMILES string of the molecule is CC(CCC(=O)O)CN1C(=O)[C@H]2CC=CC[C@H]2C1=O. The van der Waals surface area contributed by atoms with Gasteiger partial charge in [-0.2, -0.15) is 0 Å². The molecule has 0 bridgehead atoms. The van der Waals surface area contributed by atoms with Crippen molar-refractivity contribution >= 4 is 17.8 Å². The standard InChI is InChI=1S/C14H19NO4/c1-9(6-7-12(16)17)8-15-13(18)10-4-2-3-5-11(10)14(15)19/h2-3,9-11H,4-8H2,1H3,(H,16,17)/t9?,10-,11+. The summed E-state index contributed by atoms with van der Waals surface area (Å²) >= 11 is 0. The van der Waals surface area contributed by atoms with E-state index in [1.54, 1.807) is 0 Å². The summed E-state index contributed by atoms with van der Waals surface area (Å²) < 4.78 is 0. The predicted octanol–water partition coefficient (Wildman–Crippen LogP) is 1.44. The Kier molecular flexibility index (Phi) is 4.02. The molecule has 0 aromatic carbocycles. The van der Waals surface area contributed by atoms with Gasteiger partial charge in [-0.25, -0.2) is 0 Å². The summed E-state index contributed by atoms with van der Waals surface area (Å²) in [5.41, 5.74) is 0. The van der Waals surface area contributed by atoms with Crippen LogP contribution in [0.15, 0.2) is 12.2 Å². The van der Waals surface area contributed by atoms with Gasteiger partial charge in [-0.05, 0) is 25.2 Å². The number of carboxylic acid groups (broad SMARTS) is 1. The average Bonchev–Trinajstić information content (AvgIpc) is 2.62. The van der Waals surface area contributed by atoms with E-state index >= 15 is 0 Å². The molecule has 1 aliphatic heterocycles. The Hall–Kier alpha value is -1.65. The molecule has 0 aromatic rings. The van der Waals surface area contributed by atoms with E-state index in [9.17, 15) is 14.4 Å². The van der Waals surface area contributed by atoms with Crippen molar-refractivity contribution in [2.24, 2.45) is 17.8 Å². The highest BCUT2D eigenvalue weighted by atomic mass is 16.4. The van der Waals surface area contributed by atoms with Crippen molar-refractivity contribution < 1.29 is 19.5 Å². The van der Waals surface area contributed by atoms with Gasteiger partial charge in [-0.3, -0.25) is 19.3 Å². The van der Waals surface area contributed by atoms with Crippen molar-refractivity contribution in [1.29, 1.82) is 0 Å². The van der Waals surface area contributed by atoms with Gasteiger partial charge in [0.05, 0.1) is 11.8 Å². The highest BCUT2D eigenvalue weighted by Crippen LogP contribution is 2.35. The number of imide groups is 1. The molecule has 0 saturated carbocycles. The number of carbonyl (C=O) groups excluding carboxylic acids is 2. The molecule has 1 N–H and O–H groups in total. The van der Waals surface area contributed by atoms with Crippen LogP contribution < -0.4 is 0 Å². The molecular formula is C14H19NO4. The molecule has 104 valence electrons. The van der Waals surface area contributed by atoms with Crippen LogP contribution in [0.2, 0.25) is 0 Å². The van der Waals surface area contributed by atoms with Crippen molar-refractivity contribution in [2.75, 3.05) is 6.54 Å². The molecule has 3 atom stereocenters. The van der Waals surface area contributed by atoms with Crippen LogP contribution in [0.4, 0.5) is 0 Å². The summed E-state index contributed by atoms with van der Waals surface area (Å²) in [6.07, 6.45) is 5.78. The Morgan fingerprint density at radius 3 is 2.32 bits per heavy atom. The monoisotopic (exact) mass is 265 g/mol. The van der Waals surface area contributed by atoms with Gasteiger partial charge in [0.15, 0.2) is 0 Å². The Balaban J connectivity index is 1.96. The fourth-order valence-corrected chi connectivity index (χ4v) is 2.82. The number of carbonyl (C=O) groups is 3. The lowest BCUT2D eigenvalue weighted by molar-refractivity contribution is -0.140. The Labute approximate surface area is 112 Å². The second-order valence-corrected chi connectivity index (χ2v) is 5.48. The average molecular weight is 265 g/mol. The quantitative estimate of drug-likeness (QED) is 0.603. The molecular weight excluding hydrogens is 246 g/mol. The Morgan fingerprint density at radius 1 is 1.32 bits per heavy atom. The Morgan fingerprint density at radius 2 is 1.84 bits per heavy atom. The first-order valence-corrected chi connectivity index (χ1v) is 6.72. The van der Waals surface area contributed by atoms with E-state index in [0.717, 1.165) is 0 Å². The number of aliphatic carboxylic acids is 1. The summed E-state index contributed by atoms with van der Waals surface area (Å²) in [6, 6.07) is 0. The maximum atomic E-state index is 12.2. The smallest absolute Gasteiger partial charge is 0.303 e. The van der Waals surface area contributed by atoms with Crippen molar-refractivity contribution in [3.63, 3.8) is 0 Å². The lowest BCUT2D eigenvalue weighted by atomic mass is 9.85. The van der Waals surface area contributed by atoms with Gasteiger partial charge in [0.1, 0.15) is 0 Å². The van der Waals surface area contributed by atoms with Crippen molar-refractivity contribution in [2.45, 2.75) is 32.6 Å². The molecule has 2 rings (SSSR count). The van der Waals surface area contributed by atoms with Crippen LogP contribution in [0.25, 0.3) is 0 Å². The number of likely N-dealkylation sites (tertiary alicyclic amines) is 1. The summed E-state index contributed by atoms with van der Waals surface area (Å²) in [4.78, 5) is 36.2. The molecule has 19 heavy (non-hydrogen) atoms. The summed E-state index contributed by atoms with van der Waals surface area (Å²) in [5.74, 6) is -1.36. The zero-order chi connectivity index (χ0) is 14.0. The number of amides is 2. The third-order valence-electron chi connectivity index (χ3n) is 3.94. The molecule has 0 radical (unpaired) electrons. The second-order valence-electron chi connectivity index (χ2n) is 5.48. The number of rotatable bonds is 5. The normalized spacial score (nSPS) is 27.5. The molecule has 1 saturated heterocycles. The highest BCUT2D eigenvalue weighted by molar-refractivity contribution is 6.05. The second kappa shape index (κ2) is 5.55. The van der Waals surface area contributed by atoms with E-state index in [4.69, 9.17) is 5.11 Å². The maximum absolute atomic E-state index is 12.2. The van der Waals surface area contributed by atoms with Crippen LogP contribution in [0, 0.1) is 17.8 Å². The predicted molar refractivity (Wildman–Crippen MR) is 68.1 cm³/mol. The van der Waals surface area contributed by atoms with Gasteiger partial charge >= 0.3 is 5.97 Å². The fourth-order valence-electron chi connectivity index (χ4n) is 2.82. The third-order valence-corrected chi connectivity index (χ3v) is 3.94. The van der Waals surface area contributed by atoms with Gasteiger partial charge in [0, 0.05) is 13.0 Å². The van der Waals surface area contributed by atoms with Gasteiger partial charge in [0.25, 0.3) is 0 Å². The van der Waals surface area contributed by atoms with E-state index in [1.165, 1.54) is 4.90 Å². The molecule has 1 heterocycles. The minimum atomic E-state index is -0.844. The molecule has 2 amide bonds. The fraction of sp³-hybridized carbons (Fsp3) is 0.643. The highest BCUT2D eigenvalue weighted by Gasteiger charge is 2.47. The zero-order valence-electron chi connectivity index (χ0n) is 11.0. The largest absolute Gasteiger partial charge is 0.481 e. The number of carboxylic acids is 1. The number of hydrogen-bond acceptors (Lipinski definition) is 3. The first-order chi connectivity index (χ1) is 9.00. The first kappa shape index (κ1) is 13.8. The van der Waals surface area contributed by atoms with Crippen molar-refractivity contribution in [3.8, 4) is 0 Å². The van der Waals surface area contributed by atoms with Crippen LogP contribution in [0.5, 0.6) is 0 Å².